The van der Waals surface area contributed by atoms with Crippen molar-refractivity contribution >= 4 is 21.6 Å². The number of hydrogen-bond donors (Lipinski definition) is 1. The molecule has 0 unspecified atom stereocenters. The smallest absolute Gasteiger partial charge is 0.168 e. The maximum absolute atomic E-state index is 13.4. The molecule has 2 aromatic carbocycles. The first-order valence-corrected chi connectivity index (χ1v) is 5.64. The lowest BCUT2D eigenvalue weighted by Crippen LogP contribution is -1.96. The fourth-order valence-corrected chi connectivity index (χ4v) is 1.63. The Morgan fingerprint density at radius 2 is 1.67 bits per heavy atom. The van der Waals surface area contributed by atoms with Crippen LogP contribution >= 0.6 is 15.9 Å². The summed E-state index contributed by atoms with van der Waals surface area (Å²) < 4.78 is 44.5. The molecule has 0 amide bonds. The average molecular weight is 318 g/mol. The van der Waals surface area contributed by atoms with Gasteiger partial charge in [-0.25, -0.2) is 13.2 Å². The lowest BCUT2D eigenvalue weighted by molar-refractivity contribution is 0.438. The van der Waals surface area contributed by atoms with Crippen LogP contribution in [0.1, 0.15) is 0 Å². The van der Waals surface area contributed by atoms with Gasteiger partial charge in [-0.1, -0.05) is 0 Å². The zero-order valence-corrected chi connectivity index (χ0v) is 10.5. The van der Waals surface area contributed by atoms with Crippen LogP contribution in [-0.4, -0.2) is 0 Å². The maximum atomic E-state index is 13.4. The molecular formula is C12H7BrF3NO. The average Bonchev–Trinajstić information content (AvgIpc) is 2.29. The van der Waals surface area contributed by atoms with E-state index in [9.17, 15) is 13.2 Å². The van der Waals surface area contributed by atoms with Gasteiger partial charge in [-0.2, -0.15) is 0 Å². The molecule has 0 atom stereocenters. The molecule has 6 heteroatoms. The van der Waals surface area contributed by atoms with E-state index in [1.807, 2.05) is 0 Å². The Labute approximate surface area is 109 Å². The predicted octanol–water partition coefficient (Wildman–Crippen LogP) is 4.24. The van der Waals surface area contributed by atoms with Gasteiger partial charge in [-0.15, -0.1) is 0 Å². The van der Waals surface area contributed by atoms with Gasteiger partial charge in [-0.3, -0.25) is 0 Å². The van der Waals surface area contributed by atoms with Crippen LogP contribution in [0.3, 0.4) is 0 Å². The Balaban J connectivity index is 2.37. The number of halogens is 4. The highest BCUT2D eigenvalue weighted by molar-refractivity contribution is 9.10. The third kappa shape index (κ3) is 2.59. The SMILES string of the molecule is Nc1cc(F)c(Br)cc1Oc1ccc(F)cc1F. The molecule has 0 saturated heterocycles. The highest BCUT2D eigenvalue weighted by Gasteiger charge is 2.11. The lowest BCUT2D eigenvalue weighted by Gasteiger charge is -2.10. The molecule has 0 fully saturated rings. The number of ether oxygens (including phenoxy) is 1. The maximum Gasteiger partial charge on any atom is 0.168 e. The summed E-state index contributed by atoms with van der Waals surface area (Å²) in [6, 6.07) is 5.17. The Hall–Kier alpha value is -1.69. The Kier molecular flexibility index (Phi) is 3.47. The van der Waals surface area contributed by atoms with Gasteiger partial charge in [0.05, 0.1) is 10.2 Å². The van der Waals surface area contributed by atoms with Crippen molar-refractivity contribution in [2.45, 2.75) is 0 Å². The molecule has 0 aromatic heterocycles. The normalized spacial score (nSPS) is 10.4. The molecule has 94 valence electrons. The molecule has 0 radical (unpaired) electrons. The van der Waals surface area contributed by atoms with Gasteiger partial charge < -0.3 is 10.5 Å². The summed E-state index contributed by atoms with van der Waals surface area (Å²) >= 11 is 2.96. The zero-order valence-electron chi connectivity index (χ0n) is 8.88. The van der Waals surface area contributed by atoms with E-state index in [1.54, 1.807) is 0 Å². The molecule has 0 heterocycles. The fraction of sp³-hybridized carbons (Fsp3) is 0. The fourth-order valence-electron chi connectivity index (χ4n) is 1.31. The van der Waals surface area contributed by atoms with Gasteiger partial charge in [-0.05, 0) is 28.1 Å². The summed E-state index contributed by atoms with van der Waals surface area (Å²) in [6.45, 7) is 0. The summed E-state index contributed by atoms with van der Waals surface area (Å²) in [6.07, 6.45) is 0. The van der Waals surface area contributed by atoms with Crippen LogP contribution in [-0.2, 0) is 0 Å². The highest BCUT2D eigenvalue weighted by atomic mass is 79.9. The van der Waals surface area contributed by atoms with Gasteiger partial charge in [0.15, 0.2) is 17.3 Å². The van der Waals surface area contributed by atoms with Crippen LogP contribution in [0.25, 0.3) is 0 Å². The van der Waals surface area contributed by atoms with Crippen LogP contribution < -0.4 is 10.5 Å². The summed E-state index contributed by atoms with van der Waals surface area (Å²) in [5.41, 5.74) is 5.55. The van der Waals surface area contributed by atoms with Crippen molar-refractivity contribution in [1.29, 1.82) is 0 Å². The number of anilines is 1. The van der Waals surface area contributed by atoms with Crippen LogP contribution in [0, 0.1) is 17.5 Å². The largest absolute Gasteiger partial charge is 0.452 e. The van der Waals surface area contributed by atoms with E-state index in [1.165, 1.54) is 6.07 Å². The standard InChI is InChI=1S/C12H7BrF3NO/c13-7-4-12(10(17)5-8(7)15)18-11-2-1-6(14)3-9(11)16/h1-5H,17H2. The van der Waals surface area contributed by atoms with E-state index < -0.39 is 17.5 Å². The van der Waals surface area contributed by atoms with Crippen molar-refractivity contribution in [2.75, 3.05) is 5.73 Å². The van der Waals surface area contributed by atoms with Gasteiger partial charge in [0.25, 0.3) is 0 Å². The van der Waals surface area contributed by atoms with Crippen LogP contribution in [0.15, 0.2) is 34.8 Å². The summed E-state index contributed by atoms with van der Waals surface area (Å²) in [5.74, 6) is -2.25. The van der Waals surface area contributed by atoms with E-state index in [0.29, 0.717) is 6.07 Å². The predicted molar refractivity (Wildman–Crippen MR) is 64.9 cm³/mol. The molecule has 2 rings (SSSR count). The third-order valence-electron chi connectivity index (χ3n) is 2.17. The van der Waals surface area contributed by atoms with E-state index in [2.05, 4.69) is 15.9 Å². The number of nitrogens with two attached hydrogens (primary N) is 1. The Morgan fingerprint density at radius 3 is 2.33 bits per heavy atom. The first kappa shape index (κ1) is 12.8. The summed E-state index contributed by atoms with van der Waals surface area (Å²) in [4.78, 5) is 0. The minimum absolute atomic E-state index is 0.0134. The molecule has 0 bridgehead atoms. The van der Waals surface area contributed by atoms with E-state index in [0.717, 1.165) is 18.2 Å². The molecule has 2 aromatic rings. The first-order chi connectivity index (χ1) is 8.47. The highest BCUT2D eigenvalue weighted by Crippen LogP contribution is 2.33. The molecule has 0 saturated carbocycles. The lowest BCUT2D eigenvalue weighted by atomic mass is 10.3. The number of nitrogen functional groups attached to an aromatic ring is 1. The second kappa shape index (κ2) is 4.89. The molecule has 0 aliphatic carbocycles. The Morgan fingerprint density at radius 1 is 0.944 bits per heavy atom. The molecule has 2 nitrogen and oxygen atoms in total. The van der Waals surface area contributed by atoms with E-state index in [-0.39, 0.29) is 21.7 Å². The van der Waals surface area contributed by atoms with Crippen molar-refractivity contribution in [3.05, 3.63) is 52.3 Å². The summed E-state index contributed by atoms with van der Waals surface area (Å²) in [7, 11) is 0. The second-order valence-electron chi connectivity index (χ2n) is 3.48. The van der Waals surface area contributed by atoms with Crippen molar-refractivity contribution in [2.24, 2.45) is 0 Å². The van der Waals surface area contributed by atoms with E-state index in [4.69, 9.17) is 10.5 Å². The zero-order chi connectivity index (χ0) is 13.3. The number of hydrogen-bond acceptors (Lipinski definition) is 2. The van der Waals surface area contributed by atoms with Crippen molar-refractivity contribution in [3.8, 4) is 11.5 Å². The monoisotopic (exact) mass is 317 g/mol. The quantitative estimate of drug-likeness (QED) is 0.841. The Bertz CT molecular complexity index is 604. The van der Waals surface area contributed by atoms with E-state index >= 15 is 0 Å². The minimum Gasteiger partial charge on any atom is -0.452 e. The van der Waals surface area contributed by atoms with Crippen molar-refractivity contribution in [1.82, 2.24) is 0 Å². The molecule has 2 N–H and O–H groups in total. The molecular weight excluding hydrogens is 311 g/mol. The van der Waals surface area contributed by atoms with Crippen LogP contribution in [0.4, 0.5) is 18.9 Å². The van der Waals surface area contributed by atoms with Crippen LogP contribution in [0.2, 0.25) is 0 Å². The second-order valence-corrected chi connectivity index (χ2v) is 4.34. The van der Waals surface area contributed by atoms with Crippen molar-refractivity contribution in [3.63, 3.8) is 0 Å². The summed E-state index contributed by atoms with van der Waals surface area (Å²) in [5, 5.41) is 0. The number of rotatable bonds is 2. The van der Waals surface area contributed by atoms with Gasteiger partial charge in [0.2, 0.25) is 0 Å². The minimum atomic E-state index is -0.866. The third-order valence-corrected chi connectivity index (χ3v) is 2.77. The number of benzene rings is 2. The molecule has 18 heavy (non-hydrogen) atoms. The van der Waals surface area contributed by atoms with Gasteiger partial charge >= 0.3 is 0 Å². The van der Waals surface area contributed by atoms with Crippen LogP contribution in [0.5, 0.6) is 11.5 Å². The molecule has 0 spiro atoms. The topological polar surface area (TPSA) is 35.2 Å². The van der Waals surface area contributed by atoms with Gasteiger partial charge in [0.1, 0.15) is 11.6 Å². The first-order valence-electron chi connectivity index (χ1n) is 4.85. The van der Waals surface area contributed by atoms with Gasteiger partial charge in [0, 0.05) is 18.2 Å². The van der Waals surface area contributed by atoms with Crippen molar-refractivity contribution < 1.29 is 17.9 Å². The molecule has 0 aliphatic rings. The molecule has 0 aliphatic heterocycles.